The van der Waals surface area contributed by atoms with E-state index in [1.807, 2.05) is 36.8 Å². The van der Waals surface area contributed by atoms with E-state index in [1.54, 1.807) is 18.3 Å². The van der Waals surface area contributed by atoms with Gasteiger partial charge in [-0.15, -0.1) is 0 Å². The molecule has 38 heavy (non-hydrogen) atoms. The summed E-state index contributed by atoms with van der Waals surface area (Å²) >= 11 is 0. The van der Waals surface area contributed by atoms with Crippen LogP contribution in [0, 0.1) is 5.82 Å². The molecule has 8 heteroatoms. The van der Waals surface area contributed by atoms with Crippen molar-refractivity contribution in [1.82, 2.24) is 35.0 Å². The van der Waals surface area contributed by atoms with E-state index in [4.69, 9.17) is 0 Å². The summed E-state index contributed by atoms with van der Waals surface area (Å²) < 4.78 is 14.6. The van der Waals surface area contributed by atoms with Crippen molar-refractivity contribution in [3.63, 3.8) is 0 Å². The lowest BCUT2D eigenvalue weighted by atomic mass is 10.0. The molecule has 0 atom stereocenters. The zero-order chi connectivity index (χ0) is 25.5. The maximum Gasteiger partial charge on any atom is 0.181 e. The number of likely N-dealkylation sites (tertiary alicyclic amines) is 1. The lowest BCUT2D eigenvalue weighted by Gasteiger charge is -2.26. The number of halogens is 1. The van der Waals surface area contributed by atoms with Gasteiger partial charge in [0, 0.05) is 64.3 Å². The van der Waals surface area contributed by atoms with E-state index in [9.17, 15) is 4.39 Å². The maximum atomic E-state index is 14.6. The molecule has 1 aliphatic heterocycles. The van der Waals surface area contributed by atoms with Gasteiger partial charge in [0.2, 0.25) is 0 Å². The molecule has 1 aromatic carbocycles. The minimum Gasteiger partial charge on any atom is -0.353 e. The molecule has 7 nitrogen and oxygen atoms in total. The van der Waals surface area contributed by atoms with E-state index < -0.39 is 0 Å². The Morgan fingerprint density at radius 1 is 0.868 bits per heavy atom. The van der Waals surface area contributed by atoms with Crippen LogP contribution in [0.15, 0.2) is 73.3 Å². The van der Waals surface area contributed by atoms with Gasteiger partial charge in [0.05, 0.1) is 17.1 Å². The lowest BCUT2D eigenvalue weighted by Crippen LogP contribution is -2.29. The Balaban J connectivity index is 1.26. The van der Waals surface area contributed by atoms with Crippen LogP contribution >= 0.6 is 0 Å². The van der Waals surface area contributed by atoms with E-state index >= 15 is 0 Å². The molecule has 6 heterocycles. The van der Waals surface area contributed by atoms with Crippen molar-refractivity contribution in [2.75, 3.05) is 13.1 Å². The van der Waals surface area contributed by atoms with E-state index in [0.717, 1.165) is 58.4 Å². The number of fused-ring (bicyclic) bond motifs is 2. The number of nitrogens with one attached hydrogen (secondary N) is 2. The Kier molecular flexibility index (Phi) is 5.66. The zero-order valence-corrected chi connectivity index (χ0v) is 20.8. The molecular formula is C30H26FN7. The summed E-state index contributed by atoms with van der Waals surface area (Å²) in [5.74, 6) is -0.299. The number of rotatable bonds is 5. The summed E-state index contributed by atoms with van der Waals surface area (Å²) in [6, 6.07) is 14.9. The van der Waals surface area contributed by atoms with Crippen molar-refractivity contribution in [2.24, 2.45) is 0 Å². The smallest absolute Gasteiger partial charge is 0.181 e. The van der Waals surface area contributed by atoms with Gasteiger partial charge >= 0.3 is 0 Å². The second kappa shape index (κ2) is 9.46. The average molecular weight is 504 g/mol. The first-order valence-corrected chi connectivity index (χ1v) is 13.0. The lowest BCUT2D eigenvalue weighted by molar-refractivity contribution is 0.220. The van der Waals surface area contributed by atoms with Crippen LogP contribution in [0.5, 0.6) is 0 Å². The van der Waals surface area contributed by atoms with Crippen LogP contribution in [0.1, 0.15) is 24.8 Å². The van der Waals surface area contributed by atoms with Crippen molar-refractivity contribution in [3.8, 4) is 33.8 Å². The Bertz CT molecular complexity index is 1760. The molecule has 0 unspecified atom stereocenters. The van der Waals surface area contributed by atoms with Crippen molar-refractivity contribution in [2.45, 2.75) is 25.8 Å². The van der Waals surface area contributed by atoms with Gasteiger partial charge < -0.3 is 4.98 Å². The van der Waals surface area contributed by atoms with Crippen LogP contribution in [0.3, 0.4) is 0 Å². The summed E-state index contributed by atoms with van der Waals surface area (Å²) in [7, 11) is 0. The summed E-state index contributed by atoms with van der Waals surface area (Å²) in [6.07, 6.45) is 11.2. The van der Waals surface area contributed by atoms with Crippen molar-refractivity contribution >= 4 is 21.9 Å². The predicted octanol–water partition coefficient (Wildman–Crippen LogP) is 6.36. The van der Waals surface area contributed by atoms with Crippen LogP contribution in [0.4, 0.5) is 4.39 Å². The summed E-state index contributed by atoms with van der Waals surface area (Å²) in [4.78, 5) is 19.6. The van der Waals surface area contributed by atoms with Gasteiger partial charge in [-0.2, -0.15) is 5.10 Å². The number of hydrogen-bond acceptors (Lipinski definition) is 5. The minimum absolute atomic E-state index is 0.299. The number of H-pyrrole nitrogens is 2. The summed E-state index contributed by atoms with van der Waals surface area (Å²) in [6.45, 7) is 3.21. The fourth-order valence-corrected chi connectivity index (χ4v) is 5.43. The highest BCUT2D eigenvalue weighted by atomic mass is 19.1. The zero-order valence-electron chi connectivity index (χ0n) is 20.8. The molecule has 188 valence electrons. The minimum atomic E-state index is -0.299. The SMILES string of the molecule is Fc1ccccc1-c1nccc2[nH]c(-c3[nH]nc4ncc(-c5cncc(CN6CCCCC6)c5)cc34)cc12. The van der Waals surface area contributed by atoms with Gasteiger partial charge in [-0.3, -0.25) is 20.0 Å². The molecule has 0 bridgehead atoms. The van der Waals surface area contributed by atoms with Crippen LogP contribution in [0.25, 0.3) is 55.7 Å². The van der Waals surface area contributed by atoms with Crippen molar-refractivity contribution in [1.29, 1.82) is 0 Å². The number of hydrogen-bond donors (Lipinski definition) is 2. The second-order valence-electron chi connectivity index (χ2n) is 9.90. The highest BCUT2D eigenvalue weighted by Gasteiger charge is 2.17. The number of piperidine rings is 1. The van der Waals surface area contributed by atoms with Gasteiger partial charge in [0.15, 0.2) is 5.65 Å². The largest absolute Gasteiger partial charge is 0.353 e. The van der Waals surface area contributed by atoms with E-state index in [0.29, 0.717) is 16.9 Å². The normalized spacial score (nSPS) is 14.4. The quantitative estimate of drug-likeness (QED) is 0.286. The van der Waals surface area contributed by atoms with Gasteiger partial charge in [-0.05, 0) is 67.9 Å². The summed E-state index contributed by atoms with van der Waals surface area (Å²) in [5, 5.41) is 9.32. The Morgan fingerprint density at radius 2 is 1.74 bits per heavy atom. The number of aromatic nitrogens is 6. The number of benzene rings is 1. The first-order chi connectivity index (χ1) is 18.7. The van der Waals surface area contributed by atoms with Gasteiger partial charge in [0.1, 0.15) is 5.82 Å². The first-order valence-electron chi connectivity index (χ1n) is 13.0. The Labute approximate surface area is 218 Å². The molecular weight excluding hydrogens is 477 g/mol. The fourth-order valence-electron chi connectivity index (χ4n) is 5.43. The molecule has 0 radical (unpaired) electrons. The second-order valence-corrected chi connectivity index (χ2v) is 9.90. The van der Waals surface area contributed by atoms with Crippen LogP contribution in [-0.2, 0) is 6.54 Å². The van der Waals surface area contributed by atoms with E-state index in [2.05, 4.69) is 47.2 Å². The molecule has 0 amide bonds. The topological polar surface area (TPSA) is 86.4 Å². The standard InChI is InChI=1S/C30H26FN7/c31-25-7-3-2-6-22(25)28-23-14-27(35-26(23)8-9-33-28)29-24-13-21(17-34-30(24)37-36-29)20-12-19(15-32-16-20)18-38-10-4-1-5-11-38/h2-3,6-9,12-17,35H,1,4-5,10-11,18H2,(H,34,36,37). The third-order valence-corrected chi connectivity index (χ3v) is 7.34. The molecule has 1 fully saturated rings. The fraction of sp³-hybridized carbons (Fsp3) is 0.200. The first kappa shape index (κ1) is 22.7. The summed E-state index contributed by atoms with van der Waals surface area (Å²) in [5.41, 5.74) is 7.46. The molecule has 0 saturated carbocycles. The molecule has 0 spiro atoms. The van der Waals surface area contributed by atoms with Crippen molar-refractivity contribution in [3.05, 3.63) is 84.7 Å². The highest BCUT2D eigenvalue weighted by molar-refractivity contribution is 6.00. The molecule has 2 N–H and O–H groups in total. The number of aromatic amines is 2. The predicted molar refractivity (Wildman–Crippen MR) is 147 cm³/mol. The molecule has 6 aromatic rings. The molecule has 1 aliphatic rings. The van der Waals surface area contributed by atoms with E-state index in [1.165, 1.54) is 30.9 Å². The van der Waals surface area contributed by atoms with Crippen molar-refractivity contribution < 1.29 is 4.39 Å². The monoisotopic (exact) mass is 503 g/mol. The Morgan fingerprint density at radius 3 is 2.63 bits per heavy atom. The molecule has 0 aliphatic carbocycles. The number of pyridine rings is 3. The van der Waals surface area contributed by atoms with Crippen LogP contribution in [0.2, 0.25) is 0 Å². The molecule has 1 saturated heterocycles. The van der Waals surface area contributed by atoms with Gasteiger partial charge in [0.25, 0.3) is 0 Å². The third-order valence-electron chi connectivity index (χ3n) is 7.34. The van der Waals surface area contributed by atoms with E-state index in [-0.39, 0.29) is 5.82 Å². The van der Waals surface area contributed by atoms with Crippen LogP contribution in [-0.4, -0.2) is 48.1 Å². The Hall–Kier alpha value is -4.43. The molecule has 5 aromatic heterocycles. The van der Waals surface area contributed by atoms with Crippen LogP contribution < -0.4 is 0 Å². The van der Waals surface area contributed by atoms with Gasteiger partial charge in [-0.25, -0.2) is 9.37 Å². The molecule has 7 rings (SSSR count). The third kappa shape index (κ3) is 4.13. The highest BCUT2D eigenvalue weighted by Crippen LogP contribution is 2.34. The number of nitrogens with zero attached hydrogens (tertiary/aromatic N) is 5. The van der Waals surface area contributed by atoms with Gasteiger partial charge in [-0.1, -0.05) is 18.6 Å². The average Bonchev–Trinajstić information content (AvgIpc) is 3.58. The maximum absolute atomic E-state index is 14.6.